The average molecular weight is 346 g/mol. The monoisotopic (exact) mass is 346 g/mol. The number of aromatic nitrogens is 4. The highest BCUT2D eigenvalue weighted by molar-refractivity contribution is 5.76. The van der Waals surface area contributed by atoms with E-state index < -0.39 is 0 Å². The molecule has 5 rings (SSSR count). The van der Waals surface area contributed by atoms with Crippen molar-refractivity contribution in [1.29, 1.82) is 0 Å². The van der Waals surface area contributed by atoms with Gasteiger partial charge in [-0.05, 0) is 42.5 Å². The third-order valence-corrected chi connectivity index (χ3v) is 4.68. The highest BCUT2D eigenvalue weighted by Gasteiger charge is 2.26. The van der Waals surface area contributed by atoms with Gasteiger partial charge in [-0.1, -0.05) is 12.1 Å². The molecule has 2 aromatic carbocycles. The molecule has 0 N–H and O–H groups in total. The standard InChI is InChI=1S/C20H18N4O2/c1-23-18(10-11-21-23)14-6-8-15(9-7-14)25-13-16-12-24-19-5-3-2-4-17(19)22-20(24)26-16/h2-11,16H,12-13H2,1H3/t16-/m0/s1. The van der Waals surface area contributed by atoms with Crippen LogP contribution >= 0.6 is 0 Å². The number of fused-ring (bicyclic) bond motifs is 3. The Morgan fingerprint density at radius 2 is 1.96 bits per heavy atom. The molecular formula is C20H18N4O2. The van der Waals surface area contributed by atoms with Gasteiger partial charge in [-0.3, -0.25) is 9.25 Å². The number of rotatable bonds is 4. The summed E-state index contributed by atoms with van der Waals surface area (Å²) in [5, 5.41) is 4.20. The average Bonchev–Trinajstić information content (AvgIpc) is 3.34. The first-order valence-electron chi connectivity index (χ1n) is 8.61. The molecule has 4 aromatic rings. The number of ether oxygens (including phenoxy) is 2. The van der Waals surface area contributed by atoms with E-state index in [1.165, 1.54) is 0 Å². The zero-order valence-corrected chi connectivity index (χ0v) is 14.4. The van der Waals surface area contributed by atoms with Crippen LogP contribution in [0.4, 0.5) is 0 Å². The van der Waals surface area contributed by atoms with Gasteiger partial charge < -0.3 is 9.47 Å². The van der Waals surface area contributed by atoms with Crippen molar-refractivity contribution in [3.05, 3.63) is 60.8 Å². The Hall–Kier alpha value is -3.28. The van der Waals surface area contributed by atoms with E-state index in [4.69, 9.17) is 9.47 Å². The van der Waals surface area contributed by atoms with Crippen LogP contribution in [0.3, 0.4) is 0 Å². The highest BCUT2D eigenvalue weighted by atomic mass is 16.6. The van der Waals surface area contributed by atoms with Gasteiger partial charge in [0.2, 0.25) is 0 Å². The Labute approximate surface area is 150 Å². The first kappa shape index (κ1) is 15.0. The summed E-state index contributed by atoms with van der Waals surface area (Å²) >= 11 is 0. The van der Waals surface area contributed by atoms with Crippen molar-refractivity contribution >= 4 is 11.0 Å². The normalized spacial score (nSPS) is 15.8. The summed E-state index contributed by atoms with van der Waals surface area (Å²) in [6, 6.07) is 18.8. The van der Waals surface area contributed by atoms with E-state index >= 15 is 0 Å². The molecule has 0 saturated carbocycles. The molecule has 0 saturated heterocycles. The van der Waals surface area contributed by atoms with E-state index in [0.29, 0.717) is 12.6 Å². The molecule has 0 fully saturated rings. The second kappa shape index (κ2) is 5.91. The molecule has 26 heavy (non-hydrogen) atoms. The smallest absolute Gasteiger partial charge is 0.297 e. The summed E-state index contributed by atoms with van der Waals surface area (Å²) in [6.45, 7) is 1.24. The van der Waals surface area contributed by atoms with Gasteiger partial charge in [-0.2, -0.15) is 10.1 Å². The Kier molecular flexibility index (Phi) is 3.41. The SMILES string of the molecule is Cn1nccc1-c1ccc(OC[C@@H]2Cn3c(nc4ccccc43)O2)cc1. The summed E-state index contributed by atoms with van der Waals surface area (Å²) in [7, 11) is 1.93. The van der Waals surface area contributed by atoms with Crippen molar-refractivity contribution in [2.75, 3.05) is 6.61 Å². The van der Waals surface area contributed by atoms with Gasteiger partial charge in [0.05, 0.1) is 23.3 Å². The van der Waals surface area contributed by atoms with Crippen molar-refractivity contribution in [3.63, 3.8) is 0 Å². The third-order valence-electron chi connectivity index (χ3n) is 4.68. The number of hydrogen-bond donors (Lipinski definition) is 0. The molecule has 0 amide bonds. The lowest BCUT2D eigenvalue weighted by Crippen LogP contribution is -2.23. The summed E-state index contributed by atoms with van der Waals surface area (Å²) in [4.78, 5) is 4.52. The number of imidazole rings is 1. The van der Waals surface area contributed by atoms with Crippen molar-refractivity contribution in [1.82, 2.24) is 19.3 Å². The zero-order valence-electron chi connectivity index (χ0n) is 14.4. The lowest BCUT2D eigenvalue weighted by Gasteiger charge is -2.12. The molecule has 1 aliphatic rings. The molecule has 1 aliphatic heterocycles. The summed E-state index contributed by atoms with van der Waals surface area (Å²) in [6.07, 6.45) is 1.77. The second-order valence-electron chi connectivity index (χ2n) is 6.41. The molecular weight excluding hydrogens is 328 g/mol. The molecule has 1 atom stereocenters. The van der Waals surface area contributed by atoms with Crippen LogP contribution in [-0.2, 0) is 13.6 Å². The Morgan fingerprint density at radius 1 is 1.12 bits per heavy atom. The Balaban J connectivity index is 1.25. The van der Waals surface area contributed by atoms with Gasteiger partial charge in [-0.25, -0.2) is 0 Å². The van der Waals surface area contributed by atoms with Crippen molar-refractivity contribution in [3.8, 4) is 23.0 Å². The van der Waals surface area contributed by atoms with Gasteiger partial charge in [0.1, 0.15) is 12.4 Å². The predicted molar refractivity (Wildman–Crippen MR) is 98.3 cm³/mol. The van der Waals surface area contributed by atoms with E-state index in [1.54, 1.807) is 6.20 Å². The second-order valence-corrected chi connectivity index (χ2v) is 6.41. The molecule has 0 spiro atoms. The van der Waals surface area contributed by atoms with Crippen molar-refractivity contribution < 1.29 is 9.47 Å². The number of hydrogen-bond acceptors (Lipinski definition) is 4. The first-order valence-corrected chi connectivity index (χ1v) is 8.61. The molecule has 130 valence electrons. The lowest BCUT2D eigenvalue weighted by molar-refractivity contribution is 0.144. The van der Waals surface area contributed by atoms with E-state index in [9.17, 15) is 0 Å². The summed E-state index contributed by atoms with van der Waals surface area (Å²) in [5.41, 5.74) is 4.26. The highest BCUT2D eigenvalue weighted by Crippen LogP contribution is 2.28. The Morgan fingerprint density at radius 3 is 2.77 bits per heavy atom. The van der Waals surface area contributed by atoms with Crippen molar-refractivity contribution in [2.24, 2.45) is 7.05 Å². The Bertz CT molecular complexity index is 1070. The molecule has 0 radical (unpaired) electrons. The van der Waals surface area contributed by atoms with Crippen LogP contribution in [0.2, 0.25) is 0 Å². The minimum absolute atomic E-state index is 0.0288. The van der Waals surface area contributed by atoms with Crippen LogP contribution in [0.25, 0.3) is 22.3 Å². The van der Waals surface area contributed by atoms with Crippen LogP contribution in [0.15, 0.2) is 60.8 Å². The van der Waals surface area contributed by atoms with Gasteiger partial charge in [-0.15, -0.1) is 0 Å². The van der Waals surface area contributed by atoms with E-state index in [-0.39, 0.29) is 6.10 Å². The number of benzene rings is 2. The zero-order chi connectivity index (χ0) is 17.5. The van der Waals surface area contributed by atoms with Crippen LogP contribution in [0.5, 0.6) is 11.8 Å². The maximum Gasteiger partial charge on any atom is 0.297 e. The minimum atomic E-state index is -0.0288. The van der Waals surface area contributed by atoms with Gasteiger partial charge in [0.25, 0.3) is 6.01 Å². The van der Waals surface area contributed by atoms with Gasteiger partial charge in [0.15, 0.2) is 6.10 Å². The molecule has 0 bridgehead atoms. The van der Waals surface area contributed by atoms with Crippen LogP contribution in [-0.4, -0.2) is 32.0 Å². The van der Waals surface area contributed by atoms with Crippen molar-refractivity contribution in [2.45, 2.75) is 12.6 Å². The fourth-order valence-electron chi connectivity index (χ4n) is 3.36. The minimum Gasteiger partial charge on any atom is -0.490 e. The van der Waals surface area contributed by atoms with Gasteiger partial charge >= 0.3 is 0 Å². The number of nitrogens with zero attached hydrogens (tertiary/aromatic N) is 4. The van der Waals surface area contributed by atoms with E-state index in [1.807, 2.05) is 60.3 Å². The molecule has 6 nitrogen and oxygen atoms in total. The fraction of sp³-hybridized carbons (Fsp3) is 0.200. The molecule has 6 heteroatoms. The number of aryl methyl sites for hydroxylation is 1. The molecule has 3 heterocycles. The van der Waals surface area contributed by atoms with E-state index in [2.05, 4.69) is 20.7 Å². The third kappa shape index (κ3) is 2.50. The lowest BCUT2D eigenvalue weighted by atomic mass is 10.1. The van der Waals surface area contributed by atoms with Crippen LogP contribution < -0.4 is 9.47 Å². The predicted octanol–water partition coefficient (Wildman–Crippen LogP) is 3.28. The topological polar surface area (TPSA) is 54.1 Å². The van der Waals surface area contributed by atoms with Crippen LogP contribution in [0.1, 0.15) is 0 Å². The maximum atomic E-state index is 5.93. The molecule has 0 aliphatic carbocycles. The quantitative estimate of drug-likeness (QED) is 0.569. The first-order chi connectivity index (χ1) is 12.8. The molecule has 0 unspecified atom stereocenters. The fourth-order valence-corrected chi connectivity index (χ4v) is 3.36. The molecule has 2 aromatic heterocycles. The van der Waals surface area contributed by atoms with E-state index in [0.717, 1.165) is 34.6 Å². The summed E-state index contributed by atoms with van der Waals surface area (Å²) in [5.74, 6) is 0.828. The largest absolute Gasteiger partial charge is 0.490 e. The van der Waals surface area contributed by atoms with Gasteiger partial charge in [0, 0.05) is 18.8 Å². The number of para-hydroxylation sites is 2. The summed E-state index contributed by atoms with van der Waals surface area (Å²) < 4.78 is 15.8. The van der Waals surface area contributed by atoms with Crippen LogP contribution in [0, 0.1) is 0 Å². The maximum absolute atomic E-state index is 5.93.